The summed E-state index contributed by atoms with van der Waals surface area (Å²) in [5.41, 5.74) is 1.87. The van der Waals surface area contributed by atoms with Crippen LogP contribution in [0.1, 0.15) is 21.8 Å². The van der Waals surface area contributed by atoms with Gasteiger partial charge in [-0.05, 0) is 17.7 Å². The normalized spacial score (nSPS) is 27.2. The van der Waals surface area contributed by atoms with Crippen LogP contribution in [0.15, 0.2) is 48.3 Å². The van der Waals surface area contributed by atoms with E-state index in [0.29, 0.717) is 0 Å². The van der Waals surface area contributed by atoms with Gasteiger partial charge in [-0.15, -0.1) is 0 Å². The van der Waals surface area contributed by atoms with Crippen molar-refractivity contribution in [1.29, 1.82) is 0 Å². The minimum Gasteiger partial charge on any atom is -0.508 e. The number of rotatable bonds is 0. The maximum Gasteiger partial charge on any atom is 0.171 e. The van der Waals surface area contributed by atoms with Gasteiger partial charge < -0.3 is 5.11 Å². The molecule has 2 atom stereocenters. The predicted molar refractivity (Wildman–Crippen MR) is 56.9 cm³/mol. The van der Waals surface area contributed by atoms with Gasteiger partial charge in [0.15, 0.2) is 5.78 Å². The van der Waals surface area contributed by atoms with Crippen molar-refractivity contribution >= 4 is 5.78 Å². The van der Waals surface area contributed by atoms with Crippen LogP contribution in [-0.4, -0.2) is 10.9 Å². The second-order valence-corrected chi connectivity index (χ2v) is 3.95. The molecule has 74 valence electrons. The zero-order chi connectivity index (χ0) is 10.4. The molecule has 2 heteroatoms. The Morgan fingerprint density at radius 3 is 2.80 bits per heavy atom. The van der Waals surface area contributed by atoms with Gasteiger partial charge >= 0.3 is 0 Å². The van der Waals surface area contributed by atoms with Crippen LogP contribution in [0.25, 0.3) is 0 Å². The van der Waals surface area contributed by atoms with Crippen molar-refractivity contribution in [2.75, 3.05) is 0 Å². The molecule has 0 spiro atoms. The number of Topliss-reactive ketones (excluding diaryl/α,β-unsaturated/α-hetero) is 1. The number of hydrogen-bond acceptors (Lipinski definition) is 2. The highest BCUT2D eigenvalue weighted by Crippen LogP contribution is 2.41. The first-order valence-corrected chi connectivity index (χ1v) is 4.99. The van der Waals surface area contributed by atoms with Gasteiger partial charge in [0.2, 0.25) is 0 Å². The maximum atomic E-state index is 12.0. The van der Waals surface area contributed by atoms with Gasteiger partial charge in [0.05, 0.1) is 5.92 Å². The molecular formula is C13H10O2. The number of fused-ring (bicyclic) bond motifs is 3. The van der Waals surface area contributed by atoms with Crippen molar-refractivity contribution in [3.05, 3.63) is 59.4 Å². The first kappa shape index (κ1) is 8.48. The summed E-state index contributed by atoms with van der Waals surface area (Å²) in [6.45, 7) is 0. The summed E-state index contributed by atoms with van der Waals surface area (Å²) >= 11 is 0. The van der Waals surface area contributed by atoms with Gasteiger partial charge in [0.25, 0.3) is 0 Å². The summed E-state index contributed by atoms with van der Waals surface area (Å²) in [5, 5.41) is 9.38. The highest BCUT2D eigenvalue weighted by molar-refractivity contribution is 6.04. The molecule has 2 aliphatic rings. The van der Waals surface area contributed by atoms with Crippen LogP contribution in [0.2, 0.25) is 0 Å². The molecule has 3 rings (SSSR count). The van der Waals surface area contributed by atoms with Crippen LogP contribution < -0.4 is 0 Å². The third-order valence-corrected chi connectivity index (χ3v) is 3.10. The average molecular weight is 198 g/mol. The molecule has 0 aliphatic heterocycles. The van der Waals surface area contributed by atoms with Crippen molar-refractivity contribution in [2.24, 2.45) is 5.92 Å². The molecule has 2 nitrogen and oxygen atoms in total. The number of carbonyl (C=O) groups is 1. The molecule has 0 radical (unpaired) electrons. The number of aliphatic hydroxyl groups is 1. The van der Waals surface area contributed by atoms with Crippen molar-refractivity contribution < 1.29 is 9.90 Å². The largest absolute Gasteiger partial charge is 0.508 e. The lowest BCUT2D eigenvalue weighted by molar-refractivity contribution is 0.0952. The summed E-state index contributed by atoms with van der Waals surface area (Å²) in [5.74, 6) is 0.223. The van der Waals surface area contributed by atoms with Crippen LogP contribution >= 0.6 is 0 Å². The van der Waals surface area contributed by atoms with Crippen LogP contribution in [0.5, 0.6) is 0 Å². The molecule has 0 heterocycles. The topological polar surface area (TPSA) is 37.3 Å². The van der Waals surface area contributed by atoms with E-state index in [1.54, 1.807) is 12.2 Å². The van der Waals surface area contributed by atoms with E-state index < -0.39 is 0 Å². The van der Waals surface area contributed by atoms with Gasteiger partial charge in [-0.25, -0.2) is 0 Å². The maximum absolute atomic E-state index is 12.0. The SMILES string of the molecule is O=C1c2ccccc2C2C=CC(O)=CC12. The second kappa shape index (κ2) is 2.83. The quantitative estimate of drug-likeness (QED) is 0.695. The molecule has 2 unspecified atom stereocenters. The van der Waals surface area contributed by atoms with Crippen molar-refractivity contribution in [1.82, 2.24) is 0 Å². The summed E-state index contributed by atoms with van der Waals surface area (Å²) in [7, 11) is 0. The van der Waals surface area contributed by atoms with Crippen LogP contribution in [-0.2, 0) is 0 Å². The molecule has 0 saturated carbocycles. The molecule has 1 aromatic carbocycles. The lowest BCUT2D eigenvalue weighted by atomic mass is 9.88. The van der Waals surface area contributed by atoms with Crippen molar-refractivity contribution in [3.8, 4) is 0 Å². The Morgan fingerprint density at radius 2 is 1.93 bits per heavy atom. The highest BCUT2D eigenvalue weighted by atomic mass is 16.3. The van der Waals surface area contributed by atoms with E-state index in [2.05, 4.69) is 0 Å². The fourth-order valence-corrected chi connectivity index (χ4v) is 2.39. The van der Waals surface area contributed by atoms with E-state index in [-0.39, 0.29) is 23.4 Å². The Kier molecular flexibility index (Phi) is 1.60. The zero-order valence-corrected chi connectivity index (χ0v) is 8.05. The fraction of sp³-hybridized carbons (Fsp3) is 0.154. The van der Waals surface area contributed by atoms with E-state index >= 15 is 0 Å². The average Bonchev–Trinajstić information content (AvgIpc) is 2.54. The Labute approximate surface area is 87.6 Å². The molecule has 0 fully saturated rings. The minimum absolute atomic E-state index is 0.115. The number of hydrogen-bond donors (Lipinski definition) is 1. The summed E-state index contributed by atoms with van der Waals surface area (Å²) in [6.07, 6.45) is 5.22. The third-order valence-electron chi connectivity index (χ3n) is 3.10. The minimum atomic E-state index is -0.201. The summed E-state index contributed by atoms with van der Waals surface area (Å²) < 4.78 is 0. The van der Waals surface area contributed by atoms with Crippen LogP contribution in [0.4, 0.5) is 0 Å². The lowest BCUT2D eigenvalue weighted by Gasteiger charge is -2.15. The lowest BCUT2D eigenvalue weighted by Crippen LogP contribution is -2.12. The summed E-state index contributed by atoms with van der Waals surface area (Å²) in [4.78, 5) is 12.0. The zero-order valence-electron chi connectivity index (χ0n) is 8.05. The van der Waals surface area contributed by atoms with Crippen molar-refractivity contribution in [2.45, 2.75) is 5.92 Å². The Balaban J connectivity index is 2.18. The van der Waals surface area contributed by atoms with Gasteiger partial charge in [0, 0.05) is 11.5 Å². The van der Waals surface area contributed by atoms with Gasteiger partial charge in [-0.1, -0.05) is 30.3 Å². The highest BCUT2D eigenvalue weighted by Gasteiger charge is 2.38. The second-order valence-electron chi connectivity index (χ2n) is 3.95. The van der Waals surface area contributed by atoms with Crippen molar-refractivity contribution in [3.63, 3.8) is 0 Å². The van der Waals surface area contributed by atoms with Gasteiger partial charge in [-0.2, -0.15) is 0 Å². The standard InChI is InChI=1S/C13H10O2/c14-8-5-6-10-9-3-1-2-4-11(9)13(15)12(10)7-8/h1-7,10,12,14H. The van der Waals surface area contributed by atoms with E-state index in [4.69, 9.17) is 0 Å². The molecule has 1 aromatic rings. The molecule has 0 amide bonds. The molecule has 1 N–H and O–H groups in total. The molecule has 0 saturated heterocycles. The molecule has 0 bridgehead atoms. The monoisotopic (exact) mass is 198 g/mol. The number of aliphatic hydroxyl groups excluding tert-OH is 1. The van der Waals surface area contributed by atoms with E-state index in [1.807, 2.05) is 30.3 Å². The van der Waals surface area contributed by atoms with Gasteiger partial charge in [-0.3, -0.25) is 4.79 Å². The Morgan fingerprint density at radius 1 is 1.13 bits per heavy atom. The molecular weight excluding hydrogens is 188 g/mol. The first-order valence-electron chi connectivity index (χ1n) is 4.99. The number of benzene rings is 1. The molecule has 0 aromatic heterocycles. The van der Waals surface area contributed by atoms with E-state index in [0.717, 1.165) is 11.1 Å². The predicted octanol–water partition coefficient (Wildman–Crippen LogP) is 2.59. The van der Waals surface area contributed by atoms with E-state index in [1.165, 1.54) is 0 Å². The Bertz CT molecular complexity index is 497. The fourth-order valence-electron chi connectivity index (χ4n) is 2.39. The van der Waals surface area contributed by atoms with E-state index in [9.17, 15) is 9.90 Å². The molecule has 15 heavy (non-hydrogen) atoms. The molecule has 2 aliphatic carbocycles. The number of carbonyl (C=O) groups excluding carboxylic acids is 1. The van der Waals surface area contributed by atoms with Crippen LogP contribution in [0, 0.1) is 5.92 Å². The first-order chi connectivity index (χ1) is 7.27. The third kappa shape index (κ3) is 1.08. The smallest absolute Gasteiger partial charge is 0.171 e. The van der Waals surface area contributed by atoms with Crippen LogP contribution in [0.3, 0.4) is 0 Å². The summed E-state index contributed by atoms with van der Waals surface area (Å²) in [6, 6.07) is 7.66. The van der Waals surface area contributed by atoms with Gasteiger partial charge in [0.1, 0.15) is 5.76 Å². The number of allylic oxidation sites excluding steroid dienone is 3. The number of ketones is 1. The Hall–Kier alpha value is -1.83.